The summed E-state index contributed by atoms with van der Waals surface area (Å²) in [5, 5.41) is 17.2. The molecule has 0 aliphatic rings. The standard InChI is InChI=1S/C15H16N2O2/c1-10-7-14(17-16-9-10)13(15(18)19)8-12-6-4-3-5-11(12)2/h3-7,9,13H,8H2,1-2H3,(H,18,19). The number of nitrogens with zero attached hydrogens (tertiary/aromatic N) is 2. The van der Waals surface area contributed by atoms with Crippen LogP contribution in [0, 0.1) is 13.8 Å². The Balaban J connectivity index is 2.32. The van der Waals surface area contributed by atoms with Gasteiger partial charge in [-0.25, -0.2) is 0 Å². The van der Waals surface area contributed by atoms with Gasteiger partial charge in [-0.05, 0) is 43.0 Å². The molecule has 1 aromatic carbocycles. The maximum Gasteiger partial charge on any atom is 0.313 e. The minimum atomic E-state index is -0.872. The number of hydrogen-bond acceptors (Lipinski definition) is 3. The van der Waals surface area contributed by atoms with Crippen LogP contribution in [0.3, 0.4) is 0 Å². The Morgan fingerprint density at radius 3 is 2.68 bits per heavy atom. The number of hydrogen-bond donors (Lipinski definition) is 1. The van der Waals surface area contributed by atoms with E-state index in [9.17, 15) is 9.90 Å². The molecule has 0 radical (unpaired) electrons. The highest BCUT2D eigenvalue weighted by atomic mass is 16.4. The van der Waals surface area contributed by atoms with E-state index in [1.54, 1.807) is 12.3 Å². The van der Waals surface area contributed by atoms with Crippen LogP contribution in [-0.2, 0) is 11.2 Å². The molecule has 19 heavy (non-hydrogen) atoms. The van der Waals surface area contributed by atoms with Gasteiger partial charge in [-0.3, -0.25) is 4.79 Å². The van der Waals surface area contributed by atoms with E-state index in [0.717, 1.165) is 16.7 Å². The molecule has 0 fully saturated rings. The fourth-order valence-electron chi connectivity index (χ4n) is 2.03. The quantitative estimate of drug-likeness (QED) is 0.913. The first kappa shape index (κ1) is 13.2. The van der Waals surface area contributed by atoms with E-state index in [1.165, 1.54) is 0 Å². The SMILES string of the molecule is Cc1cnnc(C(Cc2ccccc2C)C(=O)O)c1. The third-order valence-corrected chi connectivity index (χ3v) is 3.15. The summed E-state index contributed by atoms with van der Waals surface area (Å²) in [6, 6.07) is 9.58. The van der Waals surface area contributed by atoms with Crippen molar-refractivity contribution in [2.75, 3.05) is 0 Å². The molecular formula is C15H16N2O2. The summed E-state index contributed by atoms with van der Waals surface area (Å²) in [5.74, 6) is -1.53. The third-order valence-electron chi connectivity index (χ3n) is 3.15. The average Bonchev–Trinajstić information content (AvgIpc) is 2.37. The van der Waals surface area contributed by atoms with Gasteiger partial charge in [-0.2, -0.15) is 10.2 Å². The number of aliphatic carboxylic acids is 1. The van der Waals surface area contributed by atoms with Gasteiger partial charge in [0.15, 0.2) is 0 Å². The van der Waals surface area contributed by atoms with Crippen LogP contribution in [0.25, 0.3) is 0 Å². The van der Waals surface area contributed by atoms with Crippen LogP contribution in [0.4, 0.5) is 0 Å². The van der Waals surface area contributed by atoms with E-state index < -0.39 is 11.9 Å². The van der Waals surface area contributed by atoms with E-state index >= 15 is 0 Å². The Labute approximate surface area is 112 Å². The molecule has 4 nitrogen and oxygen atoms in total. The van der Waals surface area contributed by atoms with Gasteiger partial charge in [-0.1, -0.05) is 24.3 Å². The summed E-state index contributed by atoms with van der Waals surface area (Å²) in [6.45, 7) is 3.86. The minimum Gasteiger partial charge on any atom is -0.481 e. The minimum absolute atomic E-state index is 0.431. The molecule has 0 saturated heterocycles. The molecule has 0 aliphatic heterocycles. The molecule has 0 bridgehead atoms. The Bertz CT molecular complexity index is 596. The zero-order chi connectivity index (χ0) is 13.8. The first-order valence-corrected chi connectivity index (χ1v) is 6.14. The van der Waals surface area contributed by atoms with Crippen LogP contribution < -0.4 is 0 Å². The largest absolute Gasteiger partial charge is 0.481 e. The van der Waals surface area contributed by atoms with Crippen molar-refractivity contribution in [3.8, 4) is 0 Å². The Morgan fingerprint density at radius 1 is 1.32 bits per heavy atom. The molecule has 2 aromatic rings. The Hall–Kier alpha value is -2.23. The van der Waals surface area contributed by atoms with Gasteiger partial charge in [0, 0.05) is 0 Å². The zero-order valence-corrected chi connectivity index (χ0v) is 11.0. The lowest BCUT2D eigenvalue weighted by Gasteiger charge is -2.13. The van der Waals surface area contributed by atoms with Crippen molar-refractivity contribution in [2.24, 2.45) is 0 Å². The lowest BCUT2D eigenvalue weighted by molar-refractivity contribution is -0.138. The summed E-state index contributed by atoms with van der Waals surface area (Å²) in [7, 11) is 0. The zero-order valence-electron chi connectivity index (χ0n) is 11.0. The molecule has 4 heteroatoms. The van der Waals surface area contributed by atoms with Crippen molar-refractivity contribution in [1.82, 2.24) is 10.2 Å². The summed E-state index contributed by atoms with van der Waals surface area (Å²) in [6.07, 6.45) is 2.05. The van der Waals surface area contributed by atoms with Crippen LogP contribution in [-0.4, -0.2) is 21.3 Å². The first-order valence-electron chi connectivity index (χ1n) is 6.14. The van der Waals surface area contributed by atoms with Crippen molar-refractivity contribution >= 4 is 5.97 Å². The summed E-state index contributed by atoms with van der Waals surface area (Å²) in [5.41, 5.74) is 3.55. The van der Waals surface area contributed by atoms with Gasteiger partial charge in [0.2, 0.25) is 0 Å². The third kappa shape index (κ3) is 3.16. The molecule has 1 unspecified atom stereocenters. The van der Waals surface area contributed by atoms with Crippen LogP contribution in [0.1, 0.15) is 28.3 Å². The maximum atomic E-state index is 11.5. The fourth-order valence-corrected chi connectivity index (χ4v) is 2.03. The number of aromatic nitrogens is 2. The van der Waals surface area contributed by atoms with Gasteiger partial charge in [0.05, 0.1) is 11.9 Å². The van der Waals surface area contributed by atoms with Crippen molar-refractivity contribution in [2.45, 2.75) is 26.2 Å². The molecule has 0 aliphatic carbocycles. The number of carboxylic acid groups (broad SMARTS) is 1. The van der Waals surface area contributed by atoms with E-state index in [2.05, 4.69) is 10.2 Å². The predicted molar refractivity (Wildman–Crippen MR) is 72.0 cm³/mol. The summed E-state index contributed by atoms with van der Waals surface area (Å²) in [4.78, 5) is 11.5. The highest BCUT2D eigenvalue weighted by molar-refractivity contribution is 5.76. The second-order valence-electron chi connectivity index (χ2n) is 4.68. The van der Waals surface area contributed by atoms with Crippen LogP contribution in [0.5, 0.6) is 0 Å². The summed E-state index contributed by atoms with van der Waals surface area (Å²) < 4.78 is 0. The van der Waals surface area contributed by atoms with Crippen molar-refractivity contribution in [3.63, 3.8) is 0 Å². The topological polar surface area (TPSA) is 63.1 Å². The number of carboxylic acids is 1. The molecule has 1 heterocycles. The first-order chi connectivity index (χ1) is 9.08. The van der Waals surface area contributed by atoms with Crippen LogP contribution in [0.15, 0.2) is 36.5 Å². The number of aryl methyl sites for hydroxylation is 2. The highest BCUT2D eigenvalue weighted by Crippen LogP contribution is 2.21. The number of carbonyl (C=O) groups is 1. The highest BCUT2D eigenvalue weighted by Gasteiger charge is 2.23. The van der Waals surface area contributed by atoms with Crippen LogP contribution in [0.2, 0.25) is 0 Å². The van der Waals surface area contributed by atoms with Crippen molar-refractivity contribution < 1.29 is 9.90 Å². The molecule has 0 amide bonds. The Kier molecular flexibility index (Phi) is 3.90. The second-order valence-corrected chi connectivity index (χ2v) is 4.68. The molecule has 0 spiro atoms. The fraction of sp³-hybridized carbons (Fsp3) is 0.267. The molecule has 1 atom stereocenters. The average molecular weight is 256 g/mol. The lowest BCUT2D eigenvalue weighted by atomic mass is 9.93. The number of rotatable bonds is 4. The van der Waals surface area contributed by atoms with Crippen molar-refractivity contribution in [3.05, 3.63) is 58.9 Å². The maximum absolute atomic E-state index is 11.5. The van der Waals surface area contributed by atoms with Gasteiger partial charge < -0.3 is 5.11 Å². The van der Waals surface area contributed by atoms with Gasteiger partial charge in [0.1, 0.15) is 5.92 Å². The van der Waals surface area contributed by atoms with Gasteiger partial charge >= 0.3 is 5.97 Å². The molecule has 0 saturated carbocycles. The summed E-state index contributed by atoms with van der Waals surface area (Å²) >= 11 is 0. The van der Waals surface area contributed by atoms with E-state index in [1.807, 2.05) is 38.1 Å². The second kappa shape index (κ2) is 5.61. The van der Waals surface area contributed by atoms with E-state index in [4.69, 9.17) is 0 Å². The lowest BCUT2D eigenvalue weighted by Crippen LogP contribution is -2.17. The molecule has 98 valence electrons. The monoisotopic (exact) mass is 256 g/mol. The normalized spacial score (nSPS) is 12.1. The number of benzene rings is 1. The molecular weight excluding hydrogens is 240 g/mol. The van der Waals surface area contributed by atoms with Gasteiger partial charge in [0.25, 0.3) is 0 Å². The van der Waals surface area contributed by atoms with Crippen LogP contribution >= 0.6 is 0 Å². The van der Waals surface area contributed by atoms with Crippen molar-refractivity contribution in [1.29, 1.82) is 0 Å². The van der Waals surface area contributed by atoms with E-state index in [0.29, 0.717) is 12.1 Å². The van der Waals surface area contributed by atoms with Gasteiger partial charge in [-0.15, -0.1) is 0 Å². The Morgan fingerprint density at radius 2 is 2.05 bits per heavy atom. The predicted octanol–water partition coefficient (Wildman–Crippen LogP) is 2.50. The molecule has 1 N–H and O–H groups in total. The molecule has 2 rings (SSSR count). The van der Waals surface area contributed by atoms with E-state index in [-0.39, 0.29) is 0 Å². The smallest absolute Gasteiger partial charge is 0.313 e. The molecule has 1 aromatic heterocycles.